The summed E-state index contributed by atoms with van der Waals surface area (Å²) in [7, 11) is 0. The SMILES string of the molecule is N#Cc1c(Cl)c(Cl)c(N[C@@H](CC(N)=O)C(=O)O)c(C#N)c1Cl. The first kappa shape index (κ1) is 17.9. The fourth-order valence-electron chi connectivity index (χ4n) is 1.57. The van der Waals surface area contributed by atoms with E-state index in [0.717, 1.165) is 0 Å². The van der Waals surface area contributed by atoms with Crippen molar-refractivity contribution in [1.29, 1.82) is 10.5 Å². The maximum atomic E-state index is 11.1. The van der Waals surface area contributed by atoms with Crippen LogP contribution in [0.2, 0.25) is 15.1 Å². The van der Waals surface area contributed by atoms with Crippen LogP contribution < -0.4 is 11.1 Å². The number of carboxylic acid groups (broad SMARTS) is 1. The number of hydrogen-bond donors (Lipinski definition) is 3. The molecule has 0 saturated carbocycles. The van der Waals surface area contributed by atoms with E-state index >= 15 is 0 Å². The van der Waals surface area contributed by atoms with Gasteiger partial charge in [-0.1, -0.05) is 34.8 Å². The smallest absolute Gasteiger partial charge is 0.326 e. The largest absolute Gasteiger partial charge is 0.480 e. The summed E-state index contributed by atoms with van der Waals surface area (Å²) < 4.78 is 0. The highest BCUT2D eigenvalue weighted by Gasteiger charge is 2.26. The topological polar surface area (TPSA) is 140 Å². The highest BCUT2D eigenvalue weighted by molar-refractivity contribution is 6.46. The summed E-state index contributed by atoms with van der Waals surface area (Å²) in [6.07, 6.45) is -0.550. The molecule has 0 aliphatic heterocycles. The van der Waals surface area contributed by atoms with Gasteiger partial charge in [-0.3, -0.25) is 4.79 Å². The molecule has 0 saturated heterocycles. The number of hydrogen-bond acceptors (Lipinski definition) is 5. The summed E-state index contributed by atoms with van der Waals surface area (Å²) in [5.41, 5.74) is 4.30. The van der Waals surface area contributed by atoms with Crippen molar-refractivity contribution in [3.63, 3.8) is 0 Å². The Labute approximate surface area is 139 Å². The minimum absolute atomic E-state index is 0.188. The minimum atomic E-state index is -1.44. The average molecular weight is 362 g/mol. The summed E-state index contributed by atoms with van der Waals surface area (Å²) in [6, 6.07) is 1.96. The second-order valence-electron chi connectivity index (χ2n) is 4.00. The number of carboxylic acids is 1. The molecule has 0 fully saturated rings. The Morgan fingerprint density at radius 3 is 2.09 bits per heavy atom. The first-order valence-electron chi connectivity index (χ1n) is 5.52. The van der Waals surface area contributed by atoms with Gasteiger partial charge in [0.2, 0.25) is 5.91 Å². The van der Waals surface area contributed by atoms with E-state index in [4.69, 9.17) is 56.2 Å². The van der Waals surface area contributed by atoms with E-state index < -0.39 is 24.3 Å². The van der Waals surface area contributed by atoms with Crippen molar-refractivity contribution >= 4 is 52.4 Å². The lowest BCUT2D eigenvalue weighted by Gasteiger charge is -2.18. The molecule has 1 aromatic carbocycles. The number of nitrogens with zero attached hydrogens (tertiary/aromatic N) is 2. The van der Waals surface area contributed by atoms with Gasteiger partial charge in [0.25, 0.3) is 0 Å². The van der Waals surface area contributed by atoms with Crippen molar-refractivity contribution in [2.24, 2.45) is 5.73 Å². The zero-order valence-corrected chi connectivity index (χ0v) is 12.9. The number of aliphatic carboxylic acids is 1. The number of amides is 1. The number of primary amides is 1. The Bertz CT molecular complexity index is 737. The number of benzene rings is 1. The highest BCUT2D eigenvalue weighted by atomic mass is 35.5. The molecule has 0 spiro atoms. The van der Waals surface area contributed by atoms with Gasteiger partial charge in [0.15, 0.2) is 0 Å². The quantitative estimate of drug-likeness (QED) is 0.686. The zero-order chi connectivity index (χ0) is 17.0. The van der Waals surface area contributed by atoms with Crippen LogP contribution in [0.4, 0.5) is 5.69 Å². The molecule has 1 aromatic rings. The van der Waals surface area contributed by atoms with E-state index in [1.807, 2.05) is 0 Å². The van der Waals surface area contributed by atoms with Gasteiger partial charge in [-0.2, -0.15) is 10.5 Å². The monoisotopic (exact) mass is 360 g/mol. The minimum Gasteiger partial charge on any atom is -0.480 e. The van der Waals surface area contributed by atoms with Crippen LogP contribution >= 0.6 is 34.8 Å². The van der Waals surface area contributed by atoms with Gasteiger partial charge in [0, 0.05) is 0 Å². The molecule has 0 radical (unpaired) electrons. The van der Waals surface area contributed by atoms with E-state index in [1.54, 1.807) is 12.1 Å². The van der Waals surface area contributed by atoms with Crippen molar-refractivity contribution in [3.8, 4) is 12.1 Å². The molecule has 1 atom stereocenters. The van der Waals surface area contributed by atoms with Crippen LogP contribution in [0.5, 0.6) is 0 Å². The molecule has 0 unspecified atom stereocenters. The number of halogens is 3. The third-order valence-electron chi connectivity index (χ3n) is 2.57. The van der Waals surface area contributed by atoms with E-state index in [0.29, 0.717) is 0 Å². The van der Waals surface area contributed by atoms with Crippen molar-refractivity contribution in [2.45, 2.75) is 12.5 Å². The Balaban J connectivity index is 3.48. The molecule has 0 bridgehead atoms. The predicted octanol–water partition coefficient (Wildman–Crippen LogP) is 2.13. The summed E-state index contributed by atoms with van der Waals surface area (Å²) >= 11 is 17.7. The number of nitrogens with one attached hydrogen (secondary N) is 1. The lowest BCUT2D eigenvalue weighted by molar-refractivity contribution is -0.139. The average Bonchev–Trinajstić information content (AvgIpc) is 2.43. The van der Waals surface area contributed by atoms with Gasteiger partial charge in [-0.15, -0.1) is 0 Å². The number of rotatable bonds is 5. The fourth-order valence-corrected chi connectivity index (χ4v) is 2.37. The Hall–Kier alpha value is -2.19. The number of carbonyl (C=O) groups excluding carboxylic acids is 1. The van der Waals surface area contributed by atoms with Crippen LogP contribution in [-0.4, -0.2) is 23.0 Å². The molecule has 0 heterocycles. The third-order valence-corrected chi connectivity index (χ3v) is 3.80. The summed E-state index contributed by atoms with van der Waals surface area (Å²) in [6.45, 7) is 0. The van der Waals surface area contributed by atoms with Gasteiger partial charge >= 0.3 is 5.97 Å². The normalized spacial score (nSPS) is 11.1. The van der Waals surface area contributed by atoms with E-state index in [1.165, 1.54) is 0 Å². The second kappa shape index (κ2) is 7.19. The maximum absolute atomic E-state index is 11.1. The molecule has 0 aliphatic carbocycles. The van der Waals surface area contributed by atoms with Crippen molar-refractivity contribution in [3.05, 3.63) is 26.2 Å². The number of nitrogens with two attached hydrogens (primary N) is 1. The highest BCUT2D eigenvalue weighted by Crippen LogP contribution is 2.41. The molecular weight excluding hydrogens is 355 g/mol. The number of nitriles is 2. The van der Waals surface area contributed by atoms with Crippen LogP contribution in [0, 0.1) is 22.7 Å². The lowest BCUT2D eigenvalue weighted by atomic mass is 10.1. The van der Waals surface area contributed by atoms with Crippen LogP contribution in [-0.2, 0) is 9.59 Å². The second-order valence-corrected chi connectivity index (χ2v) is 5.13. The molecule has 22 heavy (non-hydrogen) atoms. The standard InChI is InChI=1S/C12H7Cl3N4O3/c13-8-4(2-16)9(14)10(15)11(5(8)3-17)19-6(12(21)22)1-7(18)20/h6,19H,1H2,(H2,18,20)(H,21,22)/t6-/m0/s1. The van der Waals surface area contributed by atoms with Crippen LogP contribution in [0.15, 0.2) is 0 Å². The van der Waals surface area contributed by atoms with E-state index in [2.05, 4.69) is 5.32 Å². The Kier molecular flexibility index (Phi) is 5.84. The molecular formula is C12H7Cl3N4O3. The van der Waals surface area contributed by atoms with Gasteiger partial charge in [0.1, 0.15) is 18.2 Å². The van der Waals surface area contributed by atoms with E-state index in [9.17, 15) is 9.59 Å². The first-order valence-corrected chi connectivity index (χ1v) is 6.66. The molecule has 1 rings (SSSR count). The molecule has 1 amide bonds. The summed E-state index contributed by atoms with van der Waals surface area (Å²) in [5.74, 6) is -2.27. The predicted molar refractivity (Wildman–Crippen MR) is 79.8 cm³/mol. The summed E-state index contributed by atoms with van der Waals surface area (Å²) in [4.78, 5) is 22.0. The first-order chi connectivity index (χ1) is 10.2. The fraction of sp³-hybridized carbons (Fsp3) is 0.167. The third kappa shape index (κ3) is 3.52. The van der Waals surface area contributed by atoms with E-state index in [-0.39, 0.29) is 31.9 Å². The zero-order valence-electron chi connectivity index (χ0n) is 10.7. The van der Waals surface area contributed by atoms with Crippen LogP contribution in [0.1, 0.15) is 17.5 Å². The number of carbonyl (C=O) groups is 2. The molecule has 10 heteroatoms. The van der Waals surface area contributed by atoms with Gasteiger partial charge in [0.05, 0.1) is 38.3 Å². The molecule has 7 nitrogen and oxygen atoms in total. The van der Waals surface area contributed by atoms with Crippen molar-refractivity contribution < 1.29 is 14.7 Å². The van der Waals surface area contributed by atoms with Gasteiger partial charge in [-0.05, 0) is 0 Å². The lowest BCUT2D eigenvalue weighted by Crippen LogP contribution is -2.34. The molecule has 0 aliphatic rings. The molecule has 114 valence electrons. The van der Waals surface area contributed by atoms with Crippen LogP contribution in [0.3, 0.4) is 0 Å². The van der Waals surface area contributed by atoms with Crippen molar-refractivity contribution in [1.82, 2.24) is 0 Å². The maximum Gasteiger partial charge on any atom is 0.326 e. The Morgan fingerprint density at radius 1 is 1.14 bits per heavy atom. The van der Waals surface area contributed by atoms with Crippen molar-refractivity contribution in [2.75, 3.05) is 5.32 Å². The molecule has 4 N–H and O–H groups in total. The number of anilines is 1. The summed E-state index contributed by atoms with van der Waals surface area (Å²) in [5, 5.41) is 28.8. The Morgan fingerprint density at radius 2 is 1.68 bits per heavy atom. The molecule has 0 aromatic heterocycles. The van der Waals surface area contributed by atoms with Gasteiger partial charge < -0.3 is 16.2 Å². The van der Waals surface area contributed by atoms with Crippen LogP contribution in [0.25, 0.3) is 0 Å². The van der Waals surface area contributed by atoms with Gasteiger partial charge in [-0.25, -0.2) is 4.79 Å².